The quantitative estimate of drug-likeness (QED) is 0.0797. The van der Waals surface area contributed by atoms with Gasteiger partial charge in [-0.1, -0.05) is 47.7 Å². The Bertz CT molecular complexity index is 1960. The number of nitrogens with zero attached hydrogens (tertiary/aromatic N) is 3. The average molecular weight is 606 g/mol. The van der Waals surface area contributed by atoms with Crippen molar-refractivity contribution >= 4 is 68.3 Å². The number of carbonyl (C=O) groups is 2. The van der Waals surface area contributed by atoms with Crippen molar-refractivity contribution in [1.29, 1.82) is 5.26 Å². The maximum atomic E-state index is 12.7. The molecule has 1 heterocycles. The fraction of sp³-hybridized carbons (Fsp3) is 0.0625. The van der Waals surface area contributed by atoms with E-state index in [0.717, 1.165) is 27.6 Å². The molecule has 5 rings (SSSR count). The van der Waals surface area contributed by atoms with Gasteiger partial charge in [0.1, 0.15) is 11.6 Å². The Morgan fingerprint density at radius 2 is 1.72 bits per heavy atom. The number of hydrogen-bond donors (Lipinski definition) is 2. The first-order valence-corrected chi connectivity index (χ1v) is 14.6. The van der Waals surface area contributed by atoms with Gasteiger partial charge < -0.3 is 10.6 Å². The molecular weight excluding hydrogens is 583 g/mol. The molecule has 0 saturated heterocycles. The minimum Gasteiger partial charge on any atom is -0.322 e. The van der Waals surface area contributed by atoms with Gasteiger partial charge in [0, 0.05) is 23.0 Å². The molecule has 0 saturated carbocycles. The minimum absolute atomic E-state index is 0.180. The van der Waals surface area contributed by atoms with Gasteiger partial charge >= 0.3 is 0 Å². The molecule has 0 unspecified atom stereocenters. The predicted octanol–water partition coefficient (Wildman–Crippen LogP) is 7.77. The van der Waals surface area contributed by atoms with Crippen molar-refractivity contribution in [2.45, 2.75) is 23.1 Å². The first-order valence-electron chi connectivity index (χ1n) is 12.9. The summed E-state index contributed by atoms with van der Waals surface area (Å²) in [5.41, 5.74) is 4.38. The highest BCUT2D eigenvalue weighted by atomic mass is 32.2. The Morgan fingerprint density at radius 3 is 2.44 bits per heavy atom. The Labute approximate surface area is 255 Å². The monoisotopic (exact) mass is 605 g/mol. The van der Waals surface area contributed by atoms with Crippen LogP contribution < -0.4 is 10.6 Å². The number of nitrogens with one attached hydrogen (secondary N) is 2. The van der Waals surface area contributed by atoms with Crippen molar-refractivity contribution in [2.24, 2.45) is 0 Å². The lowest BCUT2D eigenvalue weighted by Crippen LogP contribution is -2.13. The van der Waals surface area contributed by atoms with Gasteiger partial charge in [0.2, 0.25) is 0 Å². The van der Waals surface area contributed by atoms with E-state index in [2.05, 4.69) is 15.6 Å². The van der Waals surface area contributed by atoms with Crippen molar-refractivity contribution in [2.75, 3.05) is 10.6 Å². The number of nitro benzene ring substituents is 1. The minimum atomic E-state index is -0.613. The molecule has 9 nitrogen and oxygen atoms in total. The van der Waals surface area contributed by atoms with E-state index in [-0.39, 0.29) is 17.2 Å². The largest absolute Gasteiger partial charge is 0.322 e. The molecule has 0 fully saturated rings. The molecule has 4 aromatic carbocycles. The Balaban J connectivity index is 1.34. The van der Waals surface area contributed by atoms with E-state index in [0.29, 0.717) is 37.3 Å². The van der Waals surface area contributed by atoms with Crippen LogP contribution in [-0.2, 0) is 4.79 Å². The Hall–Kier alpha value is -5.31. The molecule has 11 heteroatoms. The molecule has 0 aliphatic carbocycles. The Morgan fingerprint density at radius 1 is 0.953 bits per heavy atom. The van der Waals surface area contributed by atoms with Crippen molar-refractivity contribution in [1.82, 2.24) is 4.98 Å². The maximum absolute atomic E-state index is 12.7. The van der Waals surface area contributed by atoms with Crippen LogP contribution >= 0.6 is 23.1 Å². The van der Waals surface area contributed by atoms with Crippen LogP contribution in [0.5, 0.6) is 0 Å². The second-order valence-corrected chi connectivity index (χ2v) is 11.9. The summed E-state index contributed by atoms with van der Waals surface area (Å²) in [5, 5.41) is 27.1. The number of thiazole rings is 1. The number of aryl methyl sites for hydroxylation is 2. The normalized spacial score (nSPS) is 11.1. The van der Waals surface area contributed by atoms with E-state index in [9.17, 15) is 25.0 Å². The van der Waals surface area contributed by atoms with Crippen LogP contribution in [0.2, 0.25) is 0 Å². The summed E-state index contributed by atoms with van der Waals surface area (Å²) in [7, 11) is 0. The summed E-state index contributed by atoms with van der Waals surface area (Å²) in [6.07, 6.45) is 1.32. The molecule has 0 aliphatic heterocycles. The number of fused-ring (bicyclic) bond motifs is 1. The van der Waals surface area contributed by atoms with E-state index >= 15 is 0 Å². The fourth-order valence-corrected chi connectivity index (χ4v) is 6.26. The third-order valence-electron chi connectivity index (χ3n) is 6.27. The number of hydrogen-bond acceptors (Lipinski definition) is 8. The number of amides is 2. The van der Waals surface area contributed by atoms with Gasteiger partial charge in [0.15, 0.2) is 4.34 Å². The van der Waals surface area contributed by atoms with Gasteiger partial charge in [-0.2, -0.15) is 5.26 Å². The predicted molar refractivity (Wildman–Crippen MR) is 169 cm³/mol. The highest BCUT2D eigenvalue weighted by molar-refractivity contribution is 8.01. The zero-order valence-corrected chi connectivity index (χ0v) is 24.6. The van der Waals surface area contributed by atoms with Crippen LogP contribution in [0.3, 0.4) is 0 Å². The van der Waals surface area contributed by atoms with Crippen LogP contribution in [0.1, 0.15) is 27.0 Å². The Kier molecular flexibility index (Phi) is 8.61. The highest BCUT2D eigenvalue weighted by Crippen LogP contribution is 2.40. The molecule has 0 spiro atoms. The second kappa shape index (κ2) is 12.7. The molecule has 0 atom stereocenters. The van der Waals surface area contributed by atoms with Crippen molar-refractivity contribution < 1.29 is 14.5 Å². The number of nitro groups is 1. The van der Waals surface area contributed by atoms with Gasteiger partial charge in [-0.25, -0.2) is 4.98 Å². The third kappa shape index (κ3) is 7.13. The summed E-state index contributed by atoms with van der Waals surface area (Å²) in [4.78, 5) is 41.7. The summed E-state index contributed by atoms with van der Waals surface area (Å²) in [6, 6.07) is 26.2. The molecule has 0 radical (unpaired) electrons. The van der Waals surface area contributed by atoms with Gasteiger partial charge in [0.25, 0.3) is 17.5 Å². The molecule has 43 heavy (non-hydrogen) atoms. The molecule has 0 aliphatic rings. The van der Waals surface area contributed by atoms with E-state index < -0.39 is 10.8 Å². The van der Waals surface area contributed by atoms with Crippen LogP contribution in [0, 0.1) is 35.3 Å². The maximum Gasteiger partial charge on any atom is 0.283 e. The van der Waals surface area contributed by atoms with Crippen LogP contribution in [0.4, 0.5) is 17.1 Å². The zero-order valence-electron chi connectivity index (χ0n) is 23.0. The topological polar surface area (TPSA) is 138 Å². The average Bonchev–Trinajstić information content (AvgIpc) is 3.38. The summed E-state index contributed by atoms with van der Waals surface area (Å²) < 4.78 is 1.39. The van der Waals surface area contributed by atoms with E-state index in [1.165, 1.54) is 23.5 Å². The highest BCUT2D eigenvalue weighted by Gasteiger charge is 2.19. The molecule has 212 valence electrons. The number of benzene rings is 4. The first-order chi connectivity index (χ1) is 20.7. The number of anilines is 2. The van der Waals surface area contributed by atoms with Crippen molar-refractivity contribution in [3.8, 4) is 6.07 Å². The first kappa shape index (κ1) is 29.2. The van der Waals surface area contributed by atoms with E-state index in [4.69, 9.17) is 0 Å². The number of carbonyl (C=O) groups excluding carboxylic acids is 2. The number of aromatic nitrogens is 1. The van der Waals surface area contributed by atoms with Crippen LogP contribution in [-0.4, -0.2) is 21.7 Å². The molecule has 2 N–H and O–H groups in total. The summed E-state index contributed by atoms with van der Waals surface area (Å²) in [6.45, 7) is 3.84. The molecule has 0 bridgehead atoms. The van der Waals surface area contributed by atoms with Gasteiger partial charge in [-0.15, -0.1) is 11.3 Å². The van der Waals surface area contributed by atoms with Crippen molar-refractivity contribution in [3.63, 3.8) is 0 Å². The number of rotatable bonds is 8. The van der Waals surface area contributed by atoms with E-state index in [1.54, 1.807) is 54.6 Å². The lowest BCUT2D eigenvalue weighted by molar-refractivity contribution is -0.387. The fourth-order valence-electron chi connectivity index (χ4n) is 4.12. The molecule has 1 aromatic heterocycles. The van der Waals surface area contributed by atoms with Gasteiger partial charge in [-0.05, 0) is 79.6 Å². The number of nitriles is 1. The lowest BCUT2D eigenvalue weighted by Gasteiger charge is -2.06. The molecule has 2 amide bonds. The smallest absolute Gasteiger partial charge is 0.283 e. The molecular formula is C32H23N5O4S2. The van der Waals surface area contributed by atoms with Crippen LogP contribution in [0.15, 0.2) is 99.7 Å². The SMILES string of the molecule is Cc1ccc(C(=O)Nc2ccc3nc(Sc4ccc(/C=C(\C#N)C(=O)Nc5cccc(C)c5)cc4[N+](=O)[O-])sc3c2)cc1. The van der Waals surface area contributed by atoms with E-state index in [1.807, 2.05) is 44.2 Å². The second-order valence-electron chi connectivity index (χ2n) is 9.56. The molecule has 5 aromatic rings. The lowest BCUT2D eigenvalue weighted by atomic mass is 10.1. The standard InChI is InChI=1S/C32H23N5O4S2/c1-19-6-9-22(10-7-19)30(38)35-25-11-12-26-29(17-25)43-32(36-26)42-28-13-8-21(16-27(28)37(40)41)15-23(18-33)31(39)34-24-5-3-4-20(2)14-24/h3-17H,1-2H3,(H,34,39)(H,35,38)/b23-15+. The van der Waals surface area contributed by atoms with Gasteiger partial charge in [-0.3, -0.25) is 19.7 Å². The van der Waals surface area contributed by atoms with Crippen molar-refractivity contribution in [3.05, 3.63) is 123 Å². The summed E-state index contributed by atoms with van der Waals surface area (Å²) >= 11 is 2.49. The van der Waals surface area contributed by atoms with Crippen LogP contribution in [0.25, 0.3) is 16.3 Å². The zero-order chi connectivity index (χ0) is 30.5. The summed E-state index contributed by atoms with van der Waals surface area (Å²) in [5.74, 6) is -0.839. The third-order valence-corrected chi connectivity index (χ3v) is 8.41. The van der Waals surface area contributed by atoms with Gasteiger partial charge in [0.05, 0.1) is 20.0 Å².